The highest BCUT2D eigenvalue weighted by Crippen LogP contribution is 2.12. The van der Waals surface area contributed by atoms with Gasteiger partial charge in [-0.1, -0.05) is 13.3 Å². The van der Waals surface area contributed by atoms with Gasteiger partial charge in [0.05, 0.1) is 11.9 Å². The van der Waals surface area contributed by atoms with Crippen LogP contribution in [0.1, 0.15) is 44.1 Å². The Bertz CT molecular complexity index is 373. The van der Waals surface area contributed by atoms with Gasteiger partial charge < -0.3 is 10.7 Å². The minimum absolute atomic E-state index is 0.160. The Hall–Kier alpha value is -1.62. The van der Waals surface area contributed by atoms with Crippen molar-refractivity contribution < 1.29 is 4.79 Å². The lowest BCUT2D eigenvalue weighted by Crippen LogP contribution is -2.43. The van der Waals surface area contributed by atoms with Crippen LogP contribution in [0.2, 0.25) is 0 Å². The molecule has 94 valence electrons. The molecule has 1 rings (SSSR count). The first-order chi connectivity index (χ1) is 7.98. The van der Waals surface area contributed by atoms with Crippen LogP contribution in [-0.4, -0.2) is 16.4 Å². The van der Waals surface area contributed by atoms with Gasteiger partial charge in [0.25, 0.3) is 5.91 Å². The molecule has 0 saturated heterocycles. The zero-order valence-corrected chi connectivity index (χ0v) is 10.6. The molecular weight excluding hydrogens is 216 g/mol. The van der Waals surface area contributed by atoms with E-state index in [-0.39, 0.29) is 11.4 Å². The molecule has 0 spiro atoms. The Morgan fingerprint density at radius 1 is 1.47 bits per heavy atom. The number of nitrogens with two attached hydrogens (primary N) is 1. The number of amides is 1. The standard InChI is InChI=1S/C12H20N4O/c1-4-7-12(2,3)15-11(17)10-6-5-9(16-13)8-14-10/h5-6,8,16H,4,7,13H2,1-3H3,(H,15,17). The molecule has 1 aromatic heterocycles. The number of carbonyl (C=O) groups excluding carboxylic acids is 1. The maximum Gasteiger partial charge on any atom is 0.270 e. The molecule has 0 aromatic carbocycles. The van der Waals surface area contributed by atoms with Crippen molar-refractivity contribution in [2.45, 2.75) is 39.2 Å². The van der Waals surface area contributed by atoms with E-state index in [1.807, 2.05) is 13.8 Å². The predicted molar refractivity (Wildman–Crippen MR) is 68.5 cm³/mol. The summed E-state index contributed by atoms with van der Waals surface area (Å²) in [6.45, 7) is 6.10. The number of nitrogen functional groups attached to an aromatic ring is 1. The third-order valence-electron chi connectivity index (χ3n) is 2.49. The summed E-state index contributed by atoms with van der Waals surface area (Å²) in [6.07, 6.45) is 3.49. The first-order valence-corrected chi connectivity index (χ1v) is 5.73. The molecular formula is C12H20N4O. The summed E-state index contributed by atoms with van der Waals surface area (Å²) in [6, 6.07) is 3.36. The molecule has 0 bridgehead atoms. The van der Waals surface area contributed by atoms with Gasteiger partial charge in [-0.2, -0.15) is 0 Å². The SMILES string of the molecule is CCCC(C)(C)NC(=O)c1ccc(NN)cn1. The zero-order chi connectivity index (χ0) is 12.9. The van der Waals surface area contributed by atoms with Crippen LogP contribution in [0.5, 0.6) is 0 Å². The van der Waals surface area contributed by atoms with Gasteiger partial charge in [-0.3, -0.25) is 10.6 Å². The molecule has 5 nitrogen and oxygen atoms in total. The summed E-state index contributed by atoms with van der Waals surface area (Å²) < 4.78 is 0. The topological polar surface area (TPSA) is 80.0 Å². The van der Waals surface area contributed by atoms with Crippen LogP contribution in [0.25, 0.3) is 0 Å². The molecule has 0 saturated carbocycles. The van der Waals surface area contributed by atoms with Crippen molar-refractivity contribution >= 4 is 11.6 Å². The molecule has 0 unspecified atom stereocenters. The minimum Gasteiger partial charge on any atom is -0.346 e. The van der Waals surface area contributed by atoms with Crippen molar-refractivity contribution in [1.29, 1.82) is 0 Å². The van der Waals surface area contributed by atoms with Crippen molar-refractivity contribution in [2.75, 3.05) is 5.43 Å². The van der Waals surface area contributed by atoms with E-state index in [2.05, 4.69) is 22.7 Å². The van der Waals surface area contributed by atoms with E-state index in [4.69, 9.17) is 5.84 Å². The Labute approximate surface area is 102 Å². The van der Waals surface area contributed by atoms with Crippen molar-refractivity contribution in [3.05, 3.63) is 24.0 Å². The van der Waals surface area contributed by atoms with Gasteiger partial charge in [-0.25, -0.2) is 4.98 Å². The fourth-order valence-corrected chi connectivity index (χ4v) is 1.67. The summed E-state index contributed by atoms with van der Waals surface area (Å²) in [4.78, 5) is 15.9. The van der Waals surface area contributed by atoms with Crippen LogP contribution in [-0.2, 0) is 0 Å². The monoisotopic (exact) mass is 236 g/mol. The van der Waals surface area contributed by atoms with E-state index in [0.29, 0.717) is 11.4 Å². The smallest absolute Gasteiger partial charge is 0.270 e. The Balaban J connectivity index is 2.69. The van der Waals surface area contributed by atoms with Crippen molar-refractivity contribution in [1.82, 2.24) is 10.3 Å². The van der Waals surface area contributed by atoms with E-state index in [0.717, 1.165) is 12.8 Å². The maximum atomic E-state index is 11.9. The average Bonchev–Trinajstić information content (AvgIpc) is 2.28. The van der Waals surface area contributed by atoms with Crippen molar-refractivity contribution in [3.63, 3.8) is 0 Å². The zero-order valence-electron chi connectivity index (χ0n) is 10.6. The number of anilines is 1. The largest absolute Gasteiger partial charge is 0.346 e. The fourth-order valence-electron chi connectivity index (χ4n) is 1.67. The maximum absolute atomic E-state index is 11.9. The number of hydrogen-bond donors (Lipinski definition) is 3. The highest BCUT2D eigenvalue weighted by Gasteiger charge is 2.20. The summed E-state index contributed by atoms with van der Waals surface area (Å²) in [7, 11) is 0. The molecule has 0 aliphatic rings. The molecule has 4 N–H and O–H groups in total. The normalized spacial score (nSPS) is 11.1. The number of hydrogen-bond acceptors (Lipinski definition) is 4. The number of carbonyl (C=O) groups is 1. The molecule has 0 aliphatic heterocycles. The van der Waals surface area contributed by atoms with Crippen LogP contribution >= 0.6 is 0 Å². The average molecular weight is 236 g/mol. The molecule has 1 heterocycles. The lowest BCUT2D eigenvalue weighted by atomic mass is 9.99. The Morgan fingerprint density at radius 3 is 2.65 bits per heavy atom. The van der Waals surface area contributed by atoms with Crippen molar-refractivity contribution in [3.8, 4) is 0 Å². The molecule has 0 aliphatic carbocycles. The van der Waals surface area contributed by atoms with E-state index >= 15 is 0 Å². The molecule has 1 amide bonds. The van der Waals surface area contributed by atoms with Crippen LogP contribution in [0.15, 0.2) is 18.3 Å². The Kier molecular flexibility index (Phi) is 4.45. The van der Waals surface area contributed by atoms with Crippen LogP contribution in [0.3, 0.4) is 0 Å². The molecule has 5 heteroatoms. The van der Waals surface area contributed by atoms with Gasteiger partial charge in [-0.05, 0) is 32.4 Å². The summed E-state index contributed by atoms with van der Waals surface area (Å²) in [5.74, 6) is 5.07. The quantitative estimate of drug-likeness (QED) is 0.536. The molecule has 0 fully saturated rings. The molecule has 0 radical (unpaired) electrons. The lowest BCUT2D eigenvalue weighted by Gasteiger charge is -2.25. The third-order valence-corrected chi connectivity index (χ3v) is 2.49. The molecule has 17 heavy (non-hydrogen) atoms. The second-order valence-corrected chi connectivity index (χ2v) is 4.66. The summed E-state index contributed by atoms with van der Waals surface area (Å²) >= 11 is 0. The van der Waals surface area contributed by atoms with Gasteiger partial charge in [0.15, 0.2) is 0 Å². The number of rotatable bonds is 5. The fraction of sp³-hybridized carbons (Fsp3) is 0.500. The van der Waals surface area contributed by atoms with E-state index in [9.17, 15) is 4.79 Å². The van der Waals surface area contributed by atoms with E-state index in [1.54, 1.807) is 12.1 Å². The van der Waals surface area contributed by atoms with Gasteiger partial charge in [0, 0.05) is 5.54 Å². The van der Waals surface area contributed by atoms with Crippen LogP contribution in [0, 0.1) is 0 Å². The first-order valence-electron chi connectivity index (χ1n) is 5.73. The first kappa shape index (κ1) is 13.4. The van der Waals surface area contributed by atoms with E-state index < -0.39 is 0 Å². The number of hydrazine groups is 1. The second kappa shape index (κ2) is 5.63. The second-order valence-electron chi connectivity index (χ2n) is 4.66. The highest BCUT2D eigenvalue weighted by molar-refractivity contribution is 5.92. The van der Waals surface area contributed by atoms with Gasteiger partial charge in [0.1, 0.15) is 5.69 Å². The lowest BCUT2D eigenvalue weighted by molar-refractivity contribution is 0.0904. The third kappa shape index (κ3) is 4.03. The molecule has 1 aromatic rings. The predicted octanol–water partition coefficient (Wildman–Crippen LogP) is 1.68. The number of nitrogens with one attached hydrogen (secondary N) is 2. The van der Waals surface area contributed by atoms with Crippen LogP contribution < -0.4 is 16.6 Å². The number of aromatic nitrogens is 1. The van der Waals surface area contributed by atoms with Gasteiger partial charge in [-0.15, -0.1) is 0 Å². The van der Waals surface area contributed by atoms with Gasteiger partial charge >= 0.3 is 0 Å². The van der Waals surface area contributed by atoms with Crippen LogP contribution in [0.4, 0.5) is 5.69 Å². The highest BCUT2D eigenvalue weighted by atomic mass is 16.2. The summed E-state index contributed by atoms with van der Waals surface area (Å²) in [5.41, 5.74) is 3.33. The Morgan fingerprint density at radius 2 is 2.18 bits per heavy atom. The van der Waals surface area contributed by atoms with Gasteiger partial charge in [0.2, 0.25) is 0 Å². The summed E-state index contributed by atoms with van der Waals surface area (Å²) in [5, 5.41) is 2.96. The van der Waals surface area contributed by atoms with Crippen molar-refractivity contribution in [2.24, 2.45) is 5.84 Å². The number of nitrogens with zero attached hydrogens (tertiary/aromatic N) is 1. The minimum atomic E-state index is -0.210. The molecule has 0 atom stereocenters. The van der Waals surface area contributed by atoms with E-state index in [1.165, 1.54) is 6.20 Å². The number of pyridine rings is 1.